The van der Waals surface area contributed by atoms with Crippen molar-refractivity contribution in [1.82, 2.24) is 5.32 Å². The first kappa shape index (κ1) is 12.9. The summed E-state index contributed by atoms with van der Waals surface area (Å²) in [5.41, 5.74) is 4.55. The van der Waals surface area contributed by atoms with Gasteiger partial charge in [0.25, 0.3) is 0 Å². The molecule has 0 aliphatic heterocycles. The van der Waals surface area contributed by atoms with E-state index in [1.54, 1.807) is 11.1 Å². The Morgan fingerprint density at radius 3 is 2.58 bits per heavy atom. The van der Waals surface area contributed by atoms with Gasteiger partial charge in [0.15, 0.2) is 0 Å². The maximum absolute atomic E-state index is 3.65. The molecular weight excluding hydrogens is 230 g/mol. The molecule has 19 heavy (non-hydrogen) atoms. The lowest BCUT2D eigenvalue weighted by molar-refractivity contribution is 0.662. The van der Waals surface area contributed by atoms with E-state index in [1.807, 2.05) is 0 Å². The van der Waals surface area contributed by atoms with Crippen molar-refractivity contribution in [2.24, 2.45) is 5.92 Å². The van der Waals surface area contributed by atoms with Crippen LogP contribution in [0.1, 0.15) is 56.6 Å². The highest BCUT2D eigenvalue weighted by Gasteiger charge is 2.25. The van der Waals surface area contributed by atoms with Gasteiger partial charge in [-0.05, 0) is 48.6 Å². The minimum Gasteiger partial charge on any atom is -0.310 e. The van der Waals surface area contributed by atoms with Crippen molar-refractivity contribution in [2.75, 3.05) is 6.54 Å². The monoisotopic (exact) mass is 255 g/mol. The maximum Gasteiger partial charge on any atom is 0.0173 e. The van der Waals surface area contributed by atoms with Gasteiger partial charge in [0.1, 0.15) is 0 Å². The van der Waals surface area contributed by atoms with Crippen molar-refractivity contribution in [1.29, 1.82) is 0 Å². The average molecular weight is 255 g/mol. The van der Waals surface area contributed by atoms with Crippen LogP contribution in [0.5, 0.6) is 0 Å². The van der Waals surface area contributed by atoms with Crippen LogP contribution in [0.15, 0.2) is 29.8 Å². The van der Waals surface area contributed by atoms with Crippen LogP contribution in [0.3, 0.4) is 0 Å². The van der Waals surface area contributed by atoms with Gasteiger partial charge >= 0.3 is 0 Å². The second kappa shape index (κ2) is 5.50. The first-order valence-corrected chi connectivity index (χ1v) is 7.77. The molecule has 0 unspecified atom stereocenters. The van der Waals surface area contributed by atoms with E-state index >= 15 is 0 Å². The summed E-state index contributed by atoms with van der Waals surface area (Å²) in [6, 6.07) is 9.75. The molecule has 1 heteroatoms. The fourth-order valence-corrected chi connectivity index (χ4v) is 2.58. The van der Waals surface area contributed by atoms with E-state index in [2.05, 4.69) is 49.5 Å². The van der Waals surface area contributed by atoms with Crippen LogP contribution < -0.4 is 5.32 Å². The van der Waals surface area contributed by atoms with Crippen molar-refractivity contribution in [3.05, 3.63) is 41.0 Å². The van der Waals surface area contributed by atoms with Crippen LogP contribution in [0.4, 0.5) is 0 Å². The number of hydrogen-bond acceptors (Lipinski definition) is 1. The molecule has 2 saturated carbocycles. The first-order chi connectivity index (χ1) is 9.24. The SMILES string of the molecule is CC(C)C(=Cc1ccccc1C1CC1)CNC1CC1. The lowest BCUT2D eigenvalue weighted by Crippen LogP contribution is -2.21. The normalized spacial score (nSPS) is 20.1. The molecule has 3 rings (SSSR count). The van der Waals surface area contributed by atoms with Crippen LogP contribution in [0, 0.1) is 5.92 Å². The second-order valence-corrected chi connectivity index (χ2v) is 6.43. The van der Waals surface area contributed by atoms with Gasteiger partial charge in [0, 0.05) is 12.6 Å². The Kier molecular flexibility index (Phi) is 3.74. The van der Waals surface area contributed by atoms with E-state index in [0.29, 0.717) is 5.92 Å². The third-order valence-corrected chi connectivity index (χ3v) is 4.27. The van der Waals surface area contributed by atoms with Crippen molar-refractivity contribution >= 4 is 6.08 Å². The molecule has 2 aliphatic rings. The lowest BCUT2D eigenvalue weighted by Gasteiger charge is -2.14. The van der Waals surface area contributed by atoms with Gasteiger partial charge in [0.2, 0.25) is 0 Å². The van der Waals surface area contributed by atoms with Crippen molar-refractivity contribution in [2.45, 2.75) is 51.5 Å². The number of nitrogens with one attached hydrogen (secondary N) is 1. The fourth-order valence-electron chi connectivity index (χ4n) is 2.58. The van der Waals surface area contributed by atoms with Gasteiger partial charge in [-0.25, -0.2) is 0 Å². The Hall–Kier alpha value is -1.08. The number of hydrogen-bond donors (Lipinski definition) is 1. The molecule has 0 aromatic heterocycles. The molecule has 1 aromatic carbocycles. The quantitative estimate of drug-likeness (QED) is 0.796. The molecule has 0 atom stereocenters. The largest absolute Gasteiger partial charge is 0.310 e. The minimum atomic E-state index is 0.624. The van der Waals surface area contributed by atoms with Crippen LogP contribution in [-0.2, 0) is 0 Å². The van der Waals surface area contributed by atoms with Crippen LogP contribution in [0.25, 0.3) is 6.08 Å². The van der Waals surface area contributed by atoms with Gasteiger partial charge in [-0.1, -0.05) is 49.8 Å². The van der Waals surface area contributed by atoms with Crippen molar-refractivity contribution in [3.8, 4) is 0 Å². The Bertz CT molecular complexity index is 464. The van der Waals surface area contributed by atoms with E-state index in [1.165, 1.54) is 31.2 Å². The summed E-state index contributed by atoms with van der Waals surface area (Å²) in [4.78, 5) is 0. The molecule has 1 N–H and O–H groups in total. The summed E-state index contributed by atoms with van der Waals surface area (Å²) < 4.78 is 0. The summed E-state index contributed by atoms with van der Waals surface area (Å²) in [5.74, 6) is 1.45. The molecule has 0 heterocycles. The van der Waals surface area contributed by atoms with Crippen molar-refractivity contribution < 1.29 is 0 Å². The summed E-state index contributed by atoms with van der Waals surface area (Å²) in [7, 11) is 0. The maximum atomic E-state index is 3.65. The second-order valence-electron chi connectivity index (χ2n) is 6.43. The zero-order valence-electron chi connectivity index (χ0n) is 12.2. The molecule has 0 amide bonds. The molecule has 0 saturated heterocycles. The van der Waals surface area contributed by atoms with Gasteiger partial charge in [-0.15, -0.1) is 0 Å². The summed E-state index contributed by atoms with van der Waals surface area (Å²) in [6.45, 7) is 5.67. The van der Waals surface area contributed by atoms with E-state index in [0.717, 1.165) is 18.5 Å². The smallest absolute Gasteiger partial charge is 0.0173 e. The third-order valence-electron chi connectivity index (χ3n) is 4.27. The van der Waals surface area contributed by atoms with E-state index in [4.69, 9.17) is 0 Å². The van der Waals surface area contributed by atoms with E-state index < -0.39 is 0 Å². The van der Waals surface area contributed by atoms with Gasteiger partial charge < -0.3 is 5.32 Å². The summed E-state index contributed by atoms with van der Waals surface area (Å²) in [6.07, 6.45) is 7.92. The Labute approximate surface area is 117 Å². The zero-order valence-corrected chi connectivity index (χ0v) is 12.2. The fraction of sp³-hybridized carbons (Fsp3) is 0.556. The van der Waals surface area contributed by atoms with Crippen molar-refractivity contribution in [3.63, 3.8) is 0 Å². The predicted octanol–water partition coefficient (Wildman–Crippen LogP) is 4.36. The highest BCUT2D eigenvalue weighted by Crippen LogP contribution is 2.42. The average Bonchev–Trinajstić information content (AvgIpc) is 3.28. The number of benzene rings is 1. The summed E-state index contributed by atoms with van der Waals surface area (Å²) >= 11 is 0. The molecular formula is C18H25N. The lowest BCUT2D eigenvalue weighted by atomic mass is 9.96. The zero-order chi connectivity index (χ0) is 13.2. The van der Waals surface area contributed by atoms with Crippen LogP contribution in [0.2, 0.25) is 0 Å². The molecule has 2 fully saturated rings. The molecule has 0 radical (unpaired) electrons. The Morgan fingerprint density at radius 2 is 1.95 bits per heavy atom. The minimum absolute atomic E-state index is 0.624. The van der Waals surface area contributed by atoms with Crippen LogP contribution >= 0.6 is 0 Å². The first-order valence-electron chi connectivity index (χ1n) is 7.77. The third kappa shape index (κ3) is 3.48. The molecule has 1 nitrogen and oxygen atoms in total. The van der Waals surface area contributed by atoms with Gasteiger partial charge in [0.05, 0.1) is 0 Å². The predicted molar refractivity (Wildman–Crippen MR) is 82.3 cm³/mol. The van der Waals surface area contributed by atoms with E-state index in [-0.39, 0.29) is 0 Å². The number of rotatable bonds is 6. The highest BCUT2D eigenvalue weighted by atomic mass is 14.9. The molecule has 0 bridgehead atoms. The Balaban J connectivity index is 1.79. The molecule has 102 valence electrons. The van der Waals surface area contributed by atoms with Gasteiger partial charge in [-0.3, -0.25) is 0 Å². The molecule has 1 aromatic rings. The Morgan fingerprint density at radius 1 is 1.21 bits per heavy atom. The highest BCUT2D eigenvalue weighted by molar-refractivity contribution is 5.59. The standard InChI is InChI=1S/C18H25N/c1-13(2)16(12-19-17-9-10-17)11-15-5-3-4-6-18(15)14-7-8-14/h3-6,11,13-14,17,19H,7-10,12H2,1-2H3. The topological polar surface area (TPSA) is 12.0 Å². The summed E-state index contributed by atoms with van der Waals surface area (Å²) in [5, 5.41) is 3.65. The molecule has 0 spiro atoms. The van der Waals surface area contributed by atoms with Crippen LogP contribution in [-0.4, -0.2) is 12.6 Å². The van der Waals surface area contributed by atoms with Gasteiger partial charge in [-0.2, -0.15) is 0 Å². The molecule has 2 aliphatic carbocycles. The van der Waals surface area contributed by atoms with E-state index in [9.17, 15) is 0 Å².